The van der Waals surface area contributed by atoms with E-state index in [1.54, 1.807) is 18.2 Å². The molecule has 2 nitrogen and oxygen atoms in total. The highest BCUT2D eigenvalue weighted by Crippen LogP contribution is 2.21. The lowest BCUT2D eigenvalue weighted by molar-refractivity contribution is -0.125. The van der Waals surface area contributed by atoms with Crippen LogP contribution in [0.3, 0.4) is 0 Å². The van der Waals surface area contributed by atoms with Crippen LogP contribution in [0.1, 0.15) is 11.1 Å². The molecule has 0 heterocycles. The van der Waals surface area contributed by atoms with Gasteiger partial charge in [-0.2, -0.15) is 14.0 Å². The summed E-state index contributed by atoms with van der Waals surface area (Å²) in [5.74, 6) is -4.03. The van der Waals surface area contributed by atoms with Crippen molar-refractivity contribution in [3.63, 3.8) is 0 Å². The number of alkyl halides is 4. The minimum atomic E-state index is -4.03. The zero-order chi connectivity index (χ0) is 12.9. The smallest absolute Gasteiger partial charge is 0.307 e. The van der Waals surface area contributed by atoms with Crippen molar-refractivity contribution in [1.29, 1.82) is 5.26 Å². The first-order valence-corrected chi connectivity index (χ1v) is 4.81. The number of rotatable bonds is 5. The van der Waals surface area contributed by atoms with Crippen LogP contribution in [-0.4, -0.2) is 18.9 Å². The molecule has 0 amide bonds. The summed E-state index contributed by atoms with van der Waals surface area (Å²) in [6, 6.07) is 8.19. The second-order valence-corrected chi connectivity index (χ2v) is 3.48. The minimum Gasteiger partial charge on any atom is -0.307 e. The molecular weight excluding hydrogens is 236 g/mol. The van der Waals surface area contributed by atoms with Crippen molar-refractivity contribution in [2.75, 3.05) is 6.54 Å². The van der Waals surface area contributed by atoms with E-state index < -0.39 is 18.9 Å². The van der Waals surface area contributed by atoms with E-state index in [1.165, 1.54) is 6.07 Å². The van der Waals surface area contributed by atoms with Crippen LogP contribution in [0, 0.1) is 11.3 Å². The molecule has 6 heteroatoms. The van der Waals surface area contributed by atoms with Crippen LogP contribution in [0.15, 0.2) is 24.3 Å². The fourth-order valence-corrected chi connectivity index (χ4v) is 1.20. The van der Waals surface area contributed by atoms with Gasteiger partial charge in [0.05, 0.1) is 18.2 Å². The van der Waals surface area contributed by atoms with E-state index in [0.717, 1.165) is 0 Å². The zero-order valence-electron chi connectivity index (χ0n) is 8.76. The summed E-state index contributed by atoms with van der Waals surface area (Å²) in [5, 5.41) is 10.8. The highest BCUT2D eigenvalue weighted by atomic mass is 19.3. The largest absolute Gasteiger partial charge is 0.319 e. The van der Waals surface area contributed by atoms with E-state index >= 15 is 0 Å². The van der Waals surface area contributed by atoms with Crippen molar-refractivity contribution in [2.45, 2.75) is 18.9 Å². The molecule has 1 rings (SSSR count). The lowest BCUT2D eigenvalue weighted by Crippen LogP contribution is -2.38. The number of halogens is 4. The molecule has 0 radical (unpaired) electrons. The Morgan fingerprint density at radius 3 is 2.65 bits per heavy atom. The Balaban J connectivity index is 2.49. The topological polar surface area (TPSA) is 35.8 Å². The third kappa shape index (κ3) is 4.04. The van der Waals surface area contributed by atoms with Gasteiger partial charge in [-0.15, -0.1) is 0 Å². The van der Waals surface area contributed by atoms with Crippen molar-refractivity contribution in [3.05, 3.63) is 35.4 Å². The molecule has 1 N–H and O–H groups in total. The molecule has 92 valence electrons. The van der Waals surface area contributed by atoms with Crippen LogP contribution < -0.4 is 5.32 Å². The number of hydrogen-bond acceptors (Lipinski definition) is 2. The summed E-state index contributed by atoms with van der Waals surface area (Å²) in [6.07, 6.45) is -3.68. The summed E-state index contributed by atoms with van der Waals surface area (Å²) in [5.41, 5.74) is 0.985. The second kappa shape index (κ2) is 5.64. The molecule has 0 unspecified atom stereocenters. The third-order valence-electron chi connectivity index (χ3n) is 2.07. The van der Waals surface area contributed by atoms with Gasteiger partial charge in [0.2, 0.25) is 0 Å². The van der Waals surface area contributed by atoms with Crippen LogP contribution in [0.25, 0.3) is 0 Å². The van der Waals surface area contributed by atoms with Crippen molar-refractivity contribution < 1.29 is 17.6 Å². The van der Waals surface area contributed by atoms with E-state index in [-0.39, 0.29) is 6.54 Å². The van der Waals surface area contributed by atoms with Crippen molar-refractivity contribution in [1.82, 2.24) is 5.32 Å². The van der Waals surface area contributed by atoms with Gasteiger partial charge >= 0.3 is 12.3 Å². The lowest BCUT2D eigenvalue weighted by atomic mass is 10.1. The van der Waals surface area contributed by atoms with Gasteiger partial charge < -0.3 is 5.32 Å². The third-order valence-corrected chi connectivity index (χ3v) is 2.07. The number of hydrogen-bond donors (Lipinski definition) is 1. The number of nitrogens with zero attached hydrogens (tertiary/aromatic N) is 1. The standard InChI is InChI=1S/C11H10F4N2/c12-10(13)11(14,15)7-17-6-9-3-1-2-8(4-9)5-16/h1-4,10,17H,6-7H2. The summed E-state index contributed by atoms with van der Waals surface area (Å²) < 4.78 is 48.7. The average molecular weight is 246 g/mol. The van der Waals surface area contributed by atoms with Crippen molar-refractivity contribution >= 4 is 0 Å². The Hall–Kier alpha value is -1.61. The van der Waals surface area contributed by atoms with E-state index in [0.29, 0.717) is 11.1 Å². The minimum absolute atomic E-state index is 0.0117. The Morgan fingerprint density at radius 2 is 2.06 bits per heavy atom. The quantitative estimate of drug-likeness (QED) is 0.810. The molecule has 0 saturated carbocycles. The molecule has 17 heavy (non-hydrogen) atoms. The normalized spacial score (nSPS) is 11.5. The fourth-order valence-electron chi connectivity index (χ4n) is 1.20. The van der Waals surface area contributed by atoms with Crippen LogP contribution in [0.2, 0.25) is 0 Å². The molecule has 0 aliphatic heterocycles. The van der Waals surface area contributed by atoms with Crippen molar-refractivity contribution in [3.8, 4) is 6.07 Å². The predicted octanol–water partition coefficient (Wildman–Crippen LogP) is 2.55. The Kier molecular flexibility index (Phi) is 4.46. The summed E-state index contributed by atoms with van der Waals surface area (Å²) in [4.78, 5) is 0. The fraction of sp³-hybridized carbons (Fsp3) is 0.364. The number of benzene rings is 1. The van der Waals surface area contributed by atoms with E-state index in [4.69, 9.17) is 5.26 Å². The monoisotopic (exact) mass is 246 g/mol. The summed E-state index contributed by atoms with van der Waals surface area (Å²) in [7, 11) is 0. The van der Waals surface area contributed by atoms with Crippen LogP contribution >= 0.6 is 0 Å². The molecule has 1 aromatic carbocycles. The Bertz CT molecular complexity index is 412. The molecule has 0 saturated heterocycles. The van der Waals surface area contributed by atoms with Crippen molar-refractivity contribution in [2.24, 2.45) is 0 Å². The van der Waals surface area contributed by atoms with E-state index in [9.17, 15) is 17.6 Å². The summed E-state index contributed by atoms with van der Waals surface area (Å²) in [6.45, 7) is -1.08. The molecule has 0 aliphatic carbocycles. The van der Waals surface area contributed by atoms with Gasteiger partial charge in [0.1, 0.15) is 0 Å². The molecule has 0 atom stereocenters. The Labute approximate surface area is 95.9 Å². The highest BCUT2D eigenvalue weighted by Gasteiger charge is 2.39. The highest BCUT2D eigenvalue weighted by molar-refractivity contribution is 5.32. The number of nitriles is 1. The maximum absolute atomic E-state index is 12.5. The predicted molar refractivity (Wildman–Crippen MR) is 53.8 cm³/mol. The molecule has 0 aromatic heterocycles. The molecule has 0 aliphatic rings. The van der Waals surface area contributed by atoms with Gasteiger partial charge in [-0.3, -0.25) is 0 Å². The maximum Gasteiger partial charge on any atom is 0.319 e. The van der Waals surface area contributed by atoms with Crippen LogP contribution in [0.5, 0.6) is 0 Å². The Morgan fingerprint density at radius 1 is 1.35 bits per heavy atom. The SMILES string of the molecule is N#Cc1cccc(CNCC(F)(F)C(F)F)c1. The first kappa shape index (κ1) is 13.5. The molecule has 1 aromatic rings. The van der Waals surface area contributed by atoms with Gasteiger partial charge in [0.25, 0.3) is 0 Å². The zero-order valence-corrected chi connectivity index (χ0v) is 8.76. The van der Waals surface area contributed by atoms with Crippen LogP contribution in [-0.2, 0) is 6.54 Å². The first-order valence-electron chi connectivity index (χ1n) is 4.81. The summed E-state index contributed by atoms with van der Waals surface area (Å²) >= 11 is 0. The van der Waals surface area contributed by atoms with Gasteiger partial charge in [0, 0.05) is 6.54 Å². The molecule has 0 bridgehead atoms. The molecule has 0 fully saturated rings. The maximum atomic E-state index is 12.5. The molecule has 0 spiro atoms. The number of nitrogens with one attached hydrogen (secondary N) is 1. The lowest BCUT2D eigenvalue weighted by Gasteiger charge is -2.15. The van der Waals surface area contributed by atoms with E-state index in [1.807, 2.05) is 6.07 Å². The van der Waals surface area contributed by atoms with Gasteiger partial charge in [-0.1, -0.05) is 12.1 Å². The van der Waals surface area contributed by atoms with E-state index in [2.05, 4.69) is 5.32 Å². The van der Waals surface area contributed by atoms with Gasteiger partial charge in [0.15, 0.2) is 0 Å². The second-order valence-electron chi connectivity index (χ2n) is 3.48. The van der Waals surface area contributed by atoms with Gasteiger partial charge in [-0.25, -0.2) is 8.78 Å². The first-order chi connectivity index (χ1) is 7.95. The van der Waals surface area contributed by atoms with Gasteiger partial charge in [-0.05, 0) is 17.7 Å². The molecular formula is C11H10F4N2. The average Bonchev–Trinajstić information content (AvgIpc) is 2.29. The van der Waals surface area contributed by atoms with Crippen LogP contribution in [0.4, 0.5) is 17.6 Å².